The molecular weight excluding hydrogens is 151 g/mol. The standard InChI is InChI=1S/C6H13OPS/c1-2-6(7)3-4-9-5-8/h2-5,8H2,1H3. The van der Waals surface area contributed by atoms with Crippen LogP contribution in [0, 0.1) is 0 Å². The molecule has 9 heavy (non-hydrogen) atoms. The van der Waals surface area contributed by atoms with Gasteiger partial charge in [0.05, 0.1) is 0 Å². The molecular formula is C6H13OPS. The van der Waals surface area contributed by atoms with Crippen molar-refractivity contribution in [2.75, 3.05) is 11.2 Å². The minimum Gasteiger partial charge on any atom is -0.300 e. The SMILES string of the molecule is CCC(=O)CCSCP. The van der Waals surface area contributed by atoms with Gasteiger partial charge in [-0.2, -0.15) is 11.8 Å². The van der Waals surface area contributed by atoms with E-state index in [0.29, 0.717) is 12.2 Å². The Morgan fingerprint density at radius 2 is 2.33 bits per heavy atom. The monoisotopic (exact) mass is 164 g/mol. The average molecular weight is 164 g/mol. The van der Waals surface area contributed by atoms with Crippen LogP contribution in [-0.2, 0) is 4.79 Å². The third-order valence-corrected chi connectivity index (χ3v) is 2.47. The van der Waals surface area contributed by atoms with Gasteiger partial charge in [-0.05, 0) is 0 Å². The normalized spacial score (nSPS) is 9.56. The first-order valence-corrected chi connectivity index (χ1v) is 5.08. The van der Waals surface area contributed by atoms with Crippen molar-refractivity contribution in [2.45, 2.75) is 19.8 Å². The van der Waals surface area contributed by atoms with Crippen LogP contribution in [0.2, 0.25) is 0 Å². The maximum absolute atomic E-state index is 10.7. The van der Waals surface area contributed by atoms with Crippen molar-refractivity contribution in [1.82, 2.24) is 0 Å². The second kappa shape index (κ2) is 6.57. The highest BCUT2D eigenvalue weighted by Crippen LogP contribution is 2.06. The summed E-state index contributed by atoms with van der Waals surface area (Å²) in [7, 11) is 2.63. The number of Topliss-reactive ketones (excluding diaryl/α,β-unsaturated/α-hetero) is 1. The van der Waals surface area contributed by atoms with Crippen molar-refractivity contribution in [3.63, 3.8) is 0 Å². The summed E-state index contributed by atoms with van der Waals surface area (Å²) in [6.07, 6.45) is 1.44. The second-order valence-electron chi connectivity index (χ2n) is 1.72. The highest BCUT2D eigenvalue weighted by Gasteiger charge is 1.95. The number of carbonyl (C=O) groups excluding carboxylic acids is 1. The van der Waals surface area contributed by atoms with Crippen LogP contribution in [0.5, 0.6) is 0 Å². The van der Waals surface area contributed by atoms with E-state index < -0.39 is 0 Å². The molecule has 0 aromatic rings. The van der Waals surface area contributed by atoms with Gasteiger partial charge in [0, 0.05) is 24.1 Å². The summed E-state index contributed by atoms with van der Waals surface area (Å²) in [4.78, 5) is 10.7. The second-order valence-corrected chi connectivity index (χ2v) is 3.87. The van der Waals surface area contributed by atoms with Gasteiger partial charge >= 0.3 is 0 Å². The first-order valence-electron chi connectivity index (χ1n) is 3.10. The summed E-state index contributed by atoms with van der Waals surface area (Å²) in [6, 6.07) is 0. The minimum atomic E-state index is 0.376. The lowest BCUT2D eigenvalue weighted by atomic mass is 10.2. The molecule has 1 atom stereocenters. The molecule has 0 aliphatic heterocycles. The van der Waals surface area contributed by atoms with E-state index in [1.165, 1.54) is 0 Å². The smallest absolute Gasteiger partial charge is 0.133 e. The molecule has 0 aromatic carbocycles. The van der Waals surface area contributed by atoms with Crippen molar-refractivity contribution >= 4 is 26.8 Å². The predicted molar refractivity (Wildman–Crippen MR) is 47.0 cm³/mol. The van der Waals surface area contributed by atoms with E-state index in [4.69, 9.17) is 0 Å². The maximum atomic E-state index is 10.7. The Hall–Kier alpha value is 0.450. The molecule has 0 amide bonds. The molecule has 0 fully saturated rings. The molecule has 0 N–H and O–H groups in total. The quantitative estimate of drug-likeness (QED) is 0.456. The van der Waals surface area contributed by atoms with Crippen LogP contribution in [0.3, 0.4) is 0 Å². The van der Waals surface area contributed by atoms with Gasteiger partial charge < -0.3 is 0 Å². The fourth-order valence-corrected chi connectivity index (χ4v) is 1.48. The van der Waals surface area contributed by atoms with Crippen LogP contribution < -0.4 is 0 Å². The first kappa shape index (κ1) is 9.45. The van der Waals surface area contributed by atoms with Gasteiger partial charge in [0.1, 0.15) is 5.78 Å². The third-order valence-electron chi connectivity index (χ3n) is 1.04. The Bertz CT molecular complexity index is 85.1. The van der Waals surface area contributed by atoms with Crippen LogP contribution in [0.15, 0.2) is 0 Å². The van der Waals surface area contributed by atoms with Crippen molar-refractivity contribution in [3.05, 3.63) is 0 Å². The van der Waals surface area contributed by atoms with Gasteiger partial charge in [-0.15, -0.1) is 9.24 Å². The molecule has 0 heterocycles. The summed E-state index contributed by atoms with van der Waals surface area (Å²) in [5, 5.41) is 0. The summed E-state index contributed by atoms with van der Waals surface area (Å²) in [5.41, 5.74) is 1.04. The van der Waals surface area contributed by atoms with E-state index in [2.05, 4.69) is 9.24 Å². The first-order chi connectivity index (χ1) is 4.31. The van der Waals surface area contributed by atoms with Gasteiger partial charge in [-0.3, -0.25) is 4.79 Å². The largest absolute Gasteiger partial charge is 0.300 e. The number of hydrogen-bond donors (Lipinski definition) is 0. The molecule has 0 radical (unpaired) electrons. The average Bonchev–Trinajstić information content (AvgIpc) is 1.89. The van der Waals surface area contributed by atoms with E-state index >= 15 is 0 Å². The lowest BCUT2D eigenvalue weighted by molar-refractivity contribution is -0.118. The molecule has 0 rings (SSSR count). The van der Waals surface area contributed by atoms with Crippen molar-refractivity contribution in [3.8, 4) is 0 Å². The fraction of sp³-hybridized carbons (Fsp3) is 0.833. The Kier molecular flexibility index (Phi) is 6.90. The molecule has 0 aliphatic carbocycles. The van der Waals surface area contributed by atoms with E-state index in [9.17, 15) is 4.79 Å². The van der Waals surface area contributed by atoms with Crippen molar-refractivity contribution in [2.24, 2.45) is 0 Å². The lowest BCUT2D eigenvalue weighted by Gasteiger charge is -1.94. The fourth-order valence-electron chi connectivity index (χ4n) is 0.446. The molecule has 54 valence electrons. The topological polar surface area (TPSA) is 17.1 Å². The number of hydrogen-bond acceptors (Lipinski definition) is 2. The highest BCUT2D eigenvalue weighted by molar-refractivity contribution is 8.02. The number of ketones is 1. The zero-order valence-electron chi connectivity index (χ0n) is 5.72. The van der Waals surface area contributed by atoms with Gasteiger partial charge in [0.2, 0.25) is 0 Å². The molecule has 0 spiro atoms. The minimum absolute atomic E-state index is 0.376. The molecule has 1 nitrogen and oxygen atoms in total. The molecule has 0 saturated heterocycles. The zero-order chi connectivity index (χ0) is 7.11. The van der Waals surface area contributed by atoms with Crippen LogP contribution in [0.4, 0.5) is 0 Å². The molecule has 0 aliphatic rings. The summed E-state index contributed by atoms with van der Waals surface area (Å²) < 4.78 is 0. The number of rotatable bonds is 5. The molecule has 0 bridgehead atoms. The predicted octanol–water partition coefficient (Wildman–Crippen LogP) is 1.92. The number of carbonyl (C=O) groups is 1. The lowest BCUT2D eigenvalue weighted by Crippen LogP contribution is -1.95. The van der Waals surface area contributed by atoms with Crippen molar-refractivity contribution < 1.29 is 4.79 Å². The Balaban J connectivity index is 2.97. The summed E-state index contributed by atoms with van der Waals surface area (Å²) in [5.74, 6) is 1.36. The van der Waals surface area contributed by atoms with E-state index in [1.807, 2.05) is 6.92 Å². The van der Waals surface area contributed by atoms with Gasteiger partial charge in [-0.25, -0.2) is 0 Å². The van der Waals surface area contributed by atoms with Gasteiger partial charge in [-0.1, -0.05) is 6.92 Å². The van der Waals surface area contributed by atoms with Crippen LogP contribution in [0.25, 0.3) is 0 Å². The molecule has 0 aromatic heterocycles. The van der Waals surface area contributed by atoms with Crippen molar-refractivity contribution in [1.29, 1.82) is 0 Å². The highest BCUT2D eigenvalue weighted by atomic mass is 32.2. The Morgan fingerprint density at radius 3 is 2.78 bits per heavy atom. The molecule has 3 heteroatoms. The Labute approximate surface area is 63.2 Å². The third kappa shape index (κ3) is 6.33. The van der Waals surface area contributed by atoms with E-state index in [-0.39, 0.29) is 0 Å². The van der Waals surface area contributed by atoms with E-state index in [0.717, 1.165) is 17.7 Å². The van der Waals surface area contributed by atoms with Crippen LogP contribution in [-0.4, -0.2) is 17.0 Å². The zero-order valence-corrected chi connectivity index (χ0v) is 7.69. The molecule has 1 unspecified atom stereocenters. The number of thioether (sulfide) groups is 1. The van der Waals surface area contributed by atoms with Gasteiger partial charge in [0.15, 0.2) is 0 Å². The Morgan fingerprint density at radius 1 is 1.67 bits per heavy atom. The van der Waals surface area contributed by atoms with Gasteiger partial charge in [0.25, 0.3) is 0 Å². The molecule has 0 saturated carbocycles. The summed E-state index contributed by atoms with van der Waals surface area (Å²) in [6.45, 7) is 1.91. The van der Waals surface area contributed by atoms with Crippen LogP contribution in [0.1, 0.15) is 19.8 Å². The summed E-state index contributed by atoms with van der Waals surface area (Å²) >= 11 is 1.79. The van der Waals surface area contributed by atoms with Crippen LogP contribution >= 0.6 is 21.0 Å². The maximum Gasteiger partial charge on any atom is 0.133 e. The van der Waals surface area contributed by atoms with E-state index in [1.54, 1.807) is 11.8 Å².